The number of nitrogens with one attached hydrogen (secondary N) is 1. The first-order chi connectivity index (χ1) is 9.03. The second-order valence-electron chi connectivity index (χ2n) is 4.72. The van der Waals surface area contributed by atoms with E-state index in [1.165, 1.54) is 12.3 Å². The van der Waals surface area contributed by atoms with Gasteiger partial charge in [-0.1, -0.05) is 0 Å². The fraction of sp³-hybridized carbons (Fsp3) is 0.583. The lowest BCUT2D eigenvalue weighted by atomic mass is 9.80. The molecule has 7 heteroatoms. The topological polar surface area (TPSA) is 94.3 Å². The Balaban J connectivity index is 2.14. The van der Waals surface area contributed by atoms with E-state index in [-0.39, 0.29) is 23.6 Å². The number of nitrogens with two attached hydrogens (primary N) is 1. The molecule has 1 aliphatic rings. The number of hydrogen-bond acceptors (Lipinski definition) is 5. The second kappa shape index (κ2) is 5.54. The van der Waals surface area contributed by atoms with E-state index in [0.29, 0.717) is 5.69 Å². The molecule has 1 aliphatic carbocycles. The molecule has 0 aromatic carbocycles. The van der Waals surface area contributed by atoms with Crippen molar-refractivity contribution in [2.45, 2.75) is 36.3 Å². The number of hydrogen-bond donors (Lipinski definition) is 2. The van der Waals surface area contributed by atoms with Gasteiger partial charge in [0.15, 0.2) is 0 Å². The predicted molar refractivity (Wildman–Crippen MR) is 70.9 cm³/mol. The van der Waals surface area contributed by atoms with Crippen LogP contribution in [0.25, 0.3) is 0 Å². The lowest BCUT2D eigenvalue weighted by molar-refractivity contribution is -0.0659. The summed E-state index contributed by atoms with van der Waals surface area (Å²) < 4.78 is 32.5. The first-order valence-electron chi connectivity index (χ1n) is 6.22. The predicted octanol–water partition coefficient (Wildman–Crippen LogP) is 0.388. The van der Waals surface area contributed by atoms with E-state index >= 15 is 0 Å². The Hall–Kier alpha value is -1.02. The molecule has 0 atom stereocenters. The highest BCUT2D eigenvalue weighted by atomic mass is 32.2. The normalized spacial score (nSPS) is 18.0. The largest absolute Gasteiger partial charge is 0.377 e. The maximum Gasteiger partial charge on any atom is 0.242 e. The van der Waals surface area contributed by atoms with Gasteiger partial charge < -0.3 is 10.5 Å². The van der Waals surface area contributed by atoms with Crippen LogP contribution in [0.15, 0.2) is 23.2 Å². The van der Waals surface area contributed by atoms with Crippen LogP contribution in [-0.2, 0) is 21.3 Å². The zero-order valence-corrected chi connectivity index (χ0v) is 11.7. The number of pyridine rings is 1. The molecule has 2 rings (SSSR count). The molecule has 1 fully saturated rings. The molecule has 0 radical (unpaired) electrons. The summed E-state index contributed by atoms with van der Waals surface area (Å²) in [5, 5.41) is 0. The van der Waals surface area contributed by atoms with Crippen LogP contribution in [0.4, 0.5) is 0 Å². The van der Waals surface area contributed by atoms with Gasteiger partial charge in [0.25, 0.3) is 0 Å². The van der Waals surface area contributed by atoms with Crippen molar-refractivity contribution in [1.82, 2.24) is 9.71 Å². The third-order valence-corrected chi connectivity index (χ3v) is 5.09. The van der Waals surface area contributed by atoms with Crippen molar-refractivity contribution in [2.24, 2.45) is 5.73 Å². The highest BCUT2D eigenvalue weighted by Crippen LogP contribution is 2.34. The molecule has 0 spiro atoms. The van der Waals surface area contributed by atoms with E-state index < -0.39 is 10.0 Å². The molecular formula is C12H19N3O3S. The Morgan fingerprint density at radius 2 is 2.26 bits per heavy atom. The zero-order chi connectivity index (χ0) is 13.9. The van der Waals surface area contributed by atoms with Crippen LogP contribution >= 0.6 is 0 Å². The molecule has 19 heavy (non-hydrogen) atoms. The van der Waals surface area contributed by atoms with Crippen LogP contribution in [0.5, 0.6) is 0 Å². The molecule has 6 nitrogen and oxygen atoms in total. The average molecular weight is 285 g/mol. The smallest absolute Gasteiger partial charge is 0.242 e. The maximum atomic E-state index is 12.3. The third kappa shape index (κ3) is 2.94. The summed E-state index contributed by atoms with van der Waals surface area (Å²) in [4.78, 5) is 4.13. The van der Waals surface area contributed by atoms with Crippen molar-refractivity contribution in [3.05, 3.63) is 24.0 Å². The number of nitrogens with zero attached hydrogens (tertiary/aromatic N) is 1. The first kappa shape index (κ1) is 14.4. The summed E-state index contributed by atoms with van der Waals surface area (Å²) in [6, 6.07) is 3.10. The van der Waals surface area contributed by atoms with Gasteiger partial charge in [-0.15, -0.1) is 0 Å². The Labute approximate surface area is 113 Å². The number of ether oxygens (including phenoxy) is 1. The van der Waals surface area contributed by atoms with Crippen LogP contribution in [0.3, 0.4) is 0 Å². The Morgan fingerprint density at radius 3 is 2.79 bits per heavy atom. The third-order valence-electron chi connectivity index (χ3n) is 3.61. The number of aromatic nitrogens is 1. The summed E-state index contributed by atoms with van der Waals surface area (Å²) in [5.74, 6) is 0. The molecule has 1 aromatic rings. The summed E-state index contributed by atoms with van der Waals surface area (Å²) in [7, 11) is -1.98. The van der Waals surface area contributed by atoms with E-state index in [2.05, 4.69) is 9.71 Å². The van der Waals surface area contributed by atoms with Crippen molar-refractivity contribution in [3.8, 4) is 0 Å². The highest BCUT2D eigenvalue weighted by molar-refractivity contribution is 7.89. The van der Waals surface area contributed by atoms with Crippen LogP contribution in [-0.4, -0.2) is 32.7 Å². The average Bonchev–Trinajstić information content (AvgIpc) is 2.38. The molecule has 3 N–H and O–H groups in total. The molecular weight excluding hydrogens is 266 g/mol. The van der Waals surface area contributed by atoms with E-state index in [0.717, 1.165) is 19.3 Å². The van der Waals surface area contributed by atoms with Crippen LogP contribution in [0, 0.1) is 0 Å². The van der Waals surface area contributed by atoms with E-state index in [9.17, 15) is 8.42 Å². The first-order valence-corrected chi connectivity index (χ1v) is 7.70. The minimum atomic E-state index is -3.60. The standard InChI is InChI=1S/C12H19N3O3S/c1-18-12(5-3-6-12)9-15-19(16,17)11-4-2-7-14-10(11)8-13/h2,4,7,15H,3,5-6,8-9,13H2,1H3. The van der Waals surface area contributed by atoms with Gasteiger partial charge in [-0.3, -0.25) is 4.98 Å². The van der Waals surface area contributed by atoms with Gasteiger partial charge >= 0.3 is 0 Å². The van der Waals surface area contributed by atoms with Crippen molar-refractivity contribution in [2.75, 3.05) is 13.7 Å². The zero-order valence-electron chi connectivity index (χ0n) is 10.9. The highest BCUT2D eigenvalue weighted by Gasteiger charge is 2.38. The van der Waals surface area contributed by atoms with Gasteiger partial charge in [-0.25, -0.2) is 13.1 Å². The number of methoxy groups -OCH3 is 1. The fourth-order valence-corrected chi connectivity index (χ4v) is 3.46. The van der Waals surface area contributed by atoms with Crippen molar-refractivity contribution in [3.63, 3.8) is 0 Å². The molecule has 0 bridgehead atoms. The van der Waals surface area contributed by atoms with Crippen LogP contribution in [0.2, 0.25) is 0 Å². The molecule has 1 heterocycles. The summed E-state index contributed by atoms with van der Waals surface area (Å²) >= 11 is 0. The van der Waals surface area contributed by atoms with Gasteiger partial charge in [-0.2, -0.15) is 0 Å². The number of sulfonamides is 1. The monoisotopic (exact) mass is 285 g/mol. The minimum Gasteiger partial charge on any atom is -0.377 e. The quantitative estimate of drug-likeness (QED) is 0.788. The van der Waals surface area contributed by atoms with E-state index in [1.807, 2.05) is 0 Å². The van der Waals surface area contributed by atoms with Gasteiger partial charge in [0.2, 0.25) is 10.0 Å². The summed E-state index contributed by atoms with van der Waals surface area (Å²) in [6.45, 7) is 0.372. The number of rotatable bonds is 6. The van der Waals surface area contributed by atoms with E-state index in [4.69, 9.17) is 10.5 Å². The van der Waals surface area contributed by atoms with Gasteiger partial charge in [0.1, 0.15) is 4.90 Å². The molecule has 0 saturated heterocycles. The fourth-order valence-electron chi connectivity index (χ4n) is 2.15. The SMILES string of the molecule is COC1(CNS(=O)(=O)c2cccnc2CN)CCC1. The second-order valence-corrected chi connectivity index (χ2v) is 6.45. The summed E-state index contributed by atoms with van der Waals surface area (Å²) in [5.41, 5.74) is 5.53. The lowest BCUT2D eigenvalue weighted by Gasteiger charge is -2.40. The molecule has 0 unspecified atom stereocenters. The van der Waals surface area contributed by atoms with Gasteiger partial charge in [0, 0.05) is 26.4 Å². The Morgan fingerprint density at radius 1 is 1.53 bits per heavy atom. The molecule has 1 saturated carbocycles. The molecule has 0 aliphatic heterocycles. The van der Waals surface area contributed by atoms with Crippen molar-refractivity contribution < 1.29 is 13.2 Å². The molecule has 1 aromatic heterocycles. The molecule has 0 amide bonds. The van der Waals surface area contributed by atoms with E-state index in [1.54, 1.807) is 13.2 Å². The van der Waals surface area contributed by atoms with Crippen molar-refractivity contribution in [1.29, 1.82) is 0 Å². The van der Waals surface area contributed by atoms with Crippen LogP contribution in [0.1, 0.15) is 25.0 Å². The van der Waals surface area contributed by atoms with Gasteiger partial charge in [0.05, 0.1) is 11.3 Å². The molecule has 106 valence electrons. The lowest BCUT2D eigenvalue weighted by Crippen LogP contribution is -2.49. The van der Waals surface area contributed by atoms with Crippen molar-refractivity contribution >= 4 is 10.0 Å². The minimum absolute atomic E-state index is 0.0898. The Bertz CT molecular complexity index is 535. The van der Waals surface area contributed by atoms with Gasteiger partial charge in [-0.05, 0) is 31.4 Å². The van der Waals surface area contributed by atoms with Crippen LogP contribution < -0.4 is 10.5 Å². The maximum absolute atomic E-state index is 12.3. The Kier molecular flexibility index (Phi) is 4.19. The summed E-state index contributed by atoms with van der Waals surface area (Å²) in [6.07, 6.45) is 4.35.